The summed E-state index contributed by atoms with van der Waals surface area (Å²) < 4.78 is 32.3. The zero-order valence-corrected chi connectivity index (χ0v) is 15.6. The molecule has 0 atom stereocenters. The minimum absolute atomic E-state index is 0.0515. The highest BCUT2D eigenvalue weighted by atomic mass is 35.5. The van der Waals surface area contributed by atoms with Gasteiger partial charge in [-0.15, -0.1) is 0 Å². The van der Waals surface area contributed by atoms with Gasteiger partial charge in [-0.2, -0.15) is 0 Å². The summed E-state index contributed by atoms with van der Waals surface area (Å²) in [7, 11) is -2.86. The molecule has 140 valence electrons. The Morgan fingerprint density at radius 3 is 2.56 bits per heavy atom. The van der Waals surface area contributed by atoms with Gasteiger partial charge < -0.3 is 4.74 Å². The number of sulfonamides is 1. The van der Waals surface area contributed by atoms with E-state index in [4.69, 9.17) is 16.3 Å². The zero-order valence-electron chi connectivity index (χ0n) is 14.1. The minimum atomic E-state index is -4.13. The summed E-state index contributed by atoms with van der Waals surface area (Å²) in [5, 5.41) is 11.0. The fourth-order valence-electron chi connectivity index (χ4n) is 2.38. The topological polar surface area (TPSA) is 102 Å². The molecule has 8 nitrogen and oxygen atoms in total. The van der Waals surface area contributed by atoms with E-state index in [1.807, 2.05) is 6.07 Å². The average Bonchev–Trinajstić information content (AvgIpc) is 2.68. The molecule has 1 aliphatic heterocycles. The summed E-state index contributed by atoms with van der Waals surface area (Å²) in [5.41, 5.74) is 0.334. The minimum Gasteiger partial charge on any atom is -0.420 e. The summed E-state index contributed by atoms with van der Waals surface area (Å²) in [6, 6.07) is 13.7. The molecule has 0 saturated heterocycles. The molecule has 1 heterocycles. The third-order valence-corrected chi connectivity index (χ3v) is 5.80. The monoisotopic (exact) mass is 407 g/mol. The Hall–Kier alpha value is -2.91. The van der Waals surface area contributed by atoms with Crippen LogP contribution < -0.4 is 0 Å². The van der Waals surface area contributed by atoms with Gasteiger partial charge in [0.2, 0.25) is 11.8 Å². The molecule has 0 aromatic heterocycles. The van der Waals surface area contributed by atoms with E-state index < -0.39 is 14.9 Å². The molecular weight excluding hydrogens is 394 g/mol. The summed E-state index contributed by atoms with van der Waals surface area (Å²) in [5.74, 6) is 0.133. The smallest absolute Gasteiger partial charge is 0.270 e. The Morgan fingerprint density at radius 2 is 1.89 bits per heavy atom. The molecule has 0 bridgehead atoms. The highest BCUT2D eigenvalue weighted by Crippen LogP contribution is 2.28. The van der Waals surface area contributed by atoms with E-state index in [9.17, 15) is 18.5 Å². The second-order valence-corrected chi connectivity index (χ2v) is 7.95. The fourth-order valence-corrected chi connectivity index (χ4v) is 3.86. The van der Waals surface area contributed by atoms with E-state index in [2.05, 4.69) is 4.99 Å². The van der Waals surface area contributed by atoms with Crippen molar-refractivity contribution < 1.29 is 18.1 Å². The van der Waals surface area contributed by atoms with Gasteiger partial charge in [0, 0.05) is 24.7 Å². The predicted octanol–water partition coefficient (Wildman–Crippen LogP) is 3.10. The molecule has 10 heteroatoms. The Kier molecular flexibility index (Phi) is 5.15. The molecule has 0 unspecified atom stereocenters. The number of hydrogen-bond donors (Lipinski definition) is 0. The lowest BCUT2D eigenvalue weighted by atomic mass is 10.2. The number of non-ortho nitro benzene ring substituents is 1. The SMILES string of the molecule is CN(C1=C(Cl)CN=C(c2ccccc2)O1)S(=O)(=O)c1cccc([N+](=O)[O-])c1. The molecule has 27 heavy (non-hydrogen) atoms. The van der Waals surface area contributed by atoms with Gasteiger partial charge in [0.05, 0.1) is 16.4 Å². The molecule has 0 spiro atoms. The molecular formula is C17H14ClN3O5S. The van der Waals surface area contributed by atoms with Gasteiger partial charge in [0.1, 0.15) is 5.03 Å². The van der Waals surface area contributed by atoms with Crippen LogP contribution in [0.5, 0.6) is 0 Å². The van der Waals surface area contributed by atoms with E-state index >= 15 is 0 Å². The molecule has 0 N–H and O–H groups in total. The molecule has 0 radical (unpaired) electrons. The number of halogens is 1. The fraction of sp³-hybridized carbons (Fsp3) is 0.118. The molecule has 3 rings (SSSR count). The van der Waals surface area contributed by atoms with Crippen LogP contribution in [0.1, 0.15) is 5.56 Å². The average molecular weight is 408 g/mol. The summed E-state index contributed by atoms with van der Waals surface area (Å²) in [6.45, 7) is 0.0515. The van der Waals surface area contributed by atoms with Crippen molar-refractivity contribution in [1.29, 1.82) is 0 Å². The quantitative estimate of drug-likeness (QED) is 0.559. The zero-order chi connectivity index (χ0) is 19.6. The predicted molar refractivity (Wildman–Crippen MR) is 99.9 cm³/mol. The van der Waals surface area contributed by atoms with Crippen molar-refractivity contribution in [3.8, 4) is 0 Å². The lowest BCUT2D eigenvalue weighted by Crippen LogP contribution is -2.31. The van der Waals surface area contributed by atoms with Crippen LogP contribution in [-0.2, 0) is 14.8 Å². The maximum atomic E-state index is 12.9. The van der Waals surface area contributed by atoms with E-state index in [1.165, 1.54) is 25.2 Å². The van der Waals surface area contributed by atoms with Crippen LogP contribution in [0.2, 0.25) is 0 Å². The number of nitro benzene ring substituents is 1. The van der Waals surface area contributed by atoms with Crippen LogP contribution in [0.3, 0.4) is 0 Å². The lowest BCUT2D eigenvalue weighted by molar-refractivity contribution is -0.385. The second kappa shape index (κ2) is 7.37. The van der Waals surface area contributed by atoms with Gasteiger partial charge in [-0.3, -0.25) is 10.1 Å². The summed E-state index contributed by atoms with van der Waals surface area (Å²) >= 11 is 6.14. The van der Waals surface area contributed by atoms with E-state index in [0.717, 1.165) is 10.4 Å². The van der Waals surface area contributed by atoms with Crippen molar-refractivity contribution in [2.75, 3.05) is 13.6 Å². The van der Waals surface area contributed by atoms with Crippen molar-refractivity contribution in [2.45, 2.75) is 4.90 Å². The Labute approximate surface area is 160 Å². The Morgan fingerprint density at radius 1 is 1.19 bits per heavy atom. The van der Waals surface area contributed by atoms with E-state index in [1.54, 1.807) is 24.3 Å². The van der Waals surface area contributed by atoms with Crippen molar-refractivity contribution in [3.63, 3.8) is 0 Å². The lowest BCUT2D eigenvalue weighted by Gasteiger charge is -2.26. The van der Waals surface area contributed by atoms with E-state index in [-0.39, 0.29) is 33.9 Å². The van der Waals surface area contributed by atoms with Gasteiger partial charge in [-0.05, 0) is 18.2 Å². The number of nitro groups is 1. The van der Waals surface area contributed by atoms with Gasteiger partial charge >= 0.3 is 0 Å². The maximum Gasteiger partial charge on any atom is 0.270 e. The number of nitrogens with zero attached hydrogens (tertiary/aromatic N) is 3. The normalized spacial score (nSPS) is 14.4. The summed E-state index contributed by atoms with van der Waals surface area (Å²) in [4.78, 5) is 14.2. The molecule has 0 amide bonds. The Balaban J connectivity index is 1.93. The van der Waals surface area contributed by atoms with E-state index in [0.29, 0.717) is 5.56 Å². The molecule has 0 aliphatic carbocycles. The van der Waals surface area contributed by atoms with Gasteiger partial charge in [-0.25, -0.2) is 17.7 Å². The maximum absolute atomic E-state index is 12.9. The standard InChI is InChI=1S/C17H14ClN3O5S/c1-20(27(24,25)14-9-5-8-13(10-14)21(22)23)17-15(18)11-19-16(26-17)12-6-3-2-4-7-12/h2-10H,11H2,1H3. The number of ether oxygens (including phenoxy) is 1. The molecule has 0 fully saturated rings. The summed E-state index contributed by atoms with van der Waals surface area (Å²) in [6.07, 6.45) is 0. The third kappa shape index (κ3) is 3.79. The Bertz CT molecular complexity index is 1050. The molecule has 1 aliphatic rings. The first-order chi connectivity index (χ1) is 12.8. The van der Waals surface area contributed by atoms with Crippen molar-refractivity contribution in [1.82, 2.24) is 4.31 Å². The van der Waals surface area contributed by atoms with Gasteiger partial charge in [0.25, 0.3) is 15.7 Å². The number of hydrogen-bond acceptors (Lipinski definition) is 6. The number of rotatable bonds is 5. The third-order valence-electron chi connectivity index (χ3n) is 3.78. The van der Waals surface area contributed by atoms with Crippen LogP contribution in [0.25, 0.3) is 0 Å². The van der Waals surface area contributed by atoms with Gasteiger partial charge in [0.15, 0.2) is 0 Å². The first-order valence-corrected chi connectivity index (χ1v) is 9.52. The van der Waals surface area contributed by atoms with Crippen LogP contribution in [-0.4, -0.2) is 37.1 Å². The van der Waals surface area contributed by atoms with Gasteiger partial charge in [-0.1, -0.05) is 35.9 Å². The molecule has 2 aromatic rings. The van der Waals surface area contributed by atoms with Crippen molar-refractivity contribution in [2.24, 2.45) is 4.99 Å². The highest BCUT2D eigenvalue weighted by molar-refractivity contribution is 7.89. The van der Waals surface area contributed by atoms with Crippen molar-refractivity contribution in [3.05, 3.63) is 81.2 Å². The molecule has 2 aromatic carbocycles. The van der Waals surface area contributed by atoms with Crippen molar-refractivity contribution >= 4 is 33.2 Å². The first-order valence-electron chi connectivity index (χ1n) is 7.70. The largest absolute Gasteiger partial charge is 0.420 e. The van der Waals surface area contributed by atoms with Crippen LogP contribution in [0.4, 0.5) is 5.69 Å². The van der Waals surface area contributed by atoms with Crippen LogP contribution >= 0.6 is 11.6 Å². The second-order valence-electron chi connectivity index (χ2n) is 5.53. The van der Waals surface area contributed by atoms with Crippen LogP contribution in [0, 0.1) is 10.1 Å². The number of benzene rings is 2. The number of aliphatic imine (C=N–C) groups is 1. The van der Waals surface area contributed by atoms with Crippen LogP contribution in [0.15, 0.2) is 75.4 Å². The first kappa shape index (κ1) is 18.9. The highest BCUT2D eigenvalue weighted by Gasteiger charge is 2.30. The molecule has 0 saturated carbocycles.